The largest absolute Gasteiger partial charge is 0.391 e. The third-order valence-corrected chi connectivity index (χ3v) is 5.21. The van der Waals surface area contributed by atoms with Gasteiger partial charge >= 0.3 is 0 Å². The molecule has 4 atom stereocenters. The summed E-state index contributed by atoms with van der Waals surface area (Å²) < 4.78 is 0. The Morgan fingerprint density at radius 1 is 1.14 bits per heavy atom. The van der Waals surface area contributed by atoms with Crippen LogP contribution < -0.4 is 22.1 Å². The number of aliphatic hydroxyl groups excluding tert-OH is 1. The number of Topliss-reactive ketones (excluding diaryl/α,β-unsaturated/α-hetero) is 1. The van der Waals surface area contributed by atoms with Gasteiger partial charge in [-0.25, -0.2) is 0 Å². The highest BCUT2D eigenvalue weighted by Gasteiger charge is 2.31. The Morgan fingerprint density at radius 3 is 2.29 bits per heavy atom. The van der Waals surface area contributed by atoms with Gasteiger partial charge in [-0.3, -0.25) is 14.4 Å². The van der Waals surface area contributed by atoms with Crippen LogP contribution in [0.15, 0.2) is 16.8 Å². The average Bonchev–Trinajstić information content (AvgIpc) is 3.15. The van der Waals surface area contributed by atoms with Gasteiger partial charge in [-0.15, -0.1) is 0 Å². The molecule has 0 aliphatic carbocycles. The molecule has 2 amide bonds. The smallest absolute Gasteiger partial charge is 0.245 e. The van der Waals surface area contributed by atoms with Crippen LogP contribution in [0.4, 0.5) is 0 Å². The average molecular weight is 413 g/mol. The summed E-state index contributed by atoms with van der Waals surface area (Å²) in [7, 11) is 0. The standard InChI is InChI=1S/C19H32N4O4S/c1-11(2)17(25)15(9-21)22-19(27)16(12(3)24)23-18(26)14(4-6-20)8-13-5-7-28-10-13/h5,7,10-12,14-16,24H,4,6,8-9,20-21H2,1-3H3,(H,22,27)(H,23,26)/t12?,14?,15-,16-/m0/s1. The van der Waals surface area contributed by atoms with Crippen molar-refractivity contribution in [3.63, 3.8) is 0 Å². The number of rotatable bonds is 12. The molecule has 1 rings (SSSR count). The zero-order valence-electron chi connectivity index (χ0n) is 16.7. The summed E-state index contributed by atoms with van der Waals surface area (Å²) in [6, 6.07) is -0.121. The molecule has 0 fully saturated rings. The molecular formula is C19H32N4O4S. The second kappa shape index (κ2) is 11.9. The van der Waals surface area contributed by atoms with Crippen molar-refractivity contribution < 1.29 is 19.5 Å². The Kier molecular flexibility index (Phi) is 10.3. The van der Waals surface area contributed by atoms with E-state index >= 15 is 0 Å². The third-order valence-electron chi connectivity index (χ3n) is 4.48. The molecule has 0 aromatic carbocycles. The number of carbonyl (C=O) groups is 3. The van der Waals surface area contributed by atoms with E-state index in [2.05, 4.69) is 10.6 Å². The number of amides is 2. The third kappa shape index (κ3) is 7.31. The lowest BCUT2D eigenvalue weighted by Gasteiger charge is -2.26. The normalized spacial score (nSPS) is 15.5. The molecule has 0 spiro atoms. The van der Waals surface area contributed by atoms with E-state index in [4.69, 9.17) is 11.5 Å². The van der Waals surface area contributed by atoms with E-state index in [1.807, 2.05) is 16.8 Å². The highest BCUT2D eigenvalue weighted by Crippen LogP contribution is 2.15. The van der Waals surface area contributed by atoms with Gasteiger partial charge in [0.05, 0.1) is 12.1 Å². The highest BCUT2D eigenvalue weighted by molar-refractivity contribution is 7.07. The lowest BCUT2D eigenvalue weighted by atomic mass is 9.96. The number of hydrogen-bond acceptors (Lipinski definition) is 7. The lowest BCUT2D eigenvalue weighted by molar-refractivity contribution is -0.135. The molecule has 0 bridgehead atoms. The number of ketones is 1. The fourth-order valence-electron chi connectivity index (χ4n) is 2.81. The van der Waals surface area contributed by atoms with Crippen LogP contribution in [-0.4, -0.2) is 54.0 Å². The van der Waals surface area contributed by atoms with Gasteiger partial charge in [0.1, 0.15) is 6.04 Å². The van der Waals surface area contributed by atoms with E-state index in [0.717, 1.165) is 5.56 Å². The van der Waals surface area contributed by atoms with Crippen LogP contribution in [0, 0.1) is 11.8 Å². The fourth-order valence-corrected chi connectivity index (χ4v) is 3.49. The summed E-state index contributed by atoms with van der Waals surface area (Å²) in [5, 5.41) is 19.0. The molecule has 9 heteroatoms. The van der Waals surface area contributed by atoms with Gasteiger partial charge in [-0.2, -0.15) is 11.3 Å². The summed E-state index contributed by atoms with van der Waals surface area (Å²) in [6.07, 6.45) is -0.193. The minimum absolute atomic E-state index is 0.0583. The van der Waals surface area contributed by atoms with E-state index in [1.165, 1.54) is 18.3 Å². The van der Waals surface area contributed by atoms with Crippen molar-refractivity contribution in [2.75, 3.05) is 13.1 Å². The second-order valence-corrected chi connectivity index (χ2v) is 7.97. The quantitative estimate of drug-likeness (QED) is 0.321. The van der Waals surface area contributed by atoms with E-state index in [-0.39, 0.29) is 24.2 Å². The number of hydrogen-bond donors (Lipinski definition) is 5. The number of aliphatic hydroxyl groups is 1. The van der Waals surface area contributed by atoms with Crippen molar-refractivity contribution in [3.05, 3.63) is 22.4 Å². The first kappa shape index (κ1) is 24.2. The van der Waals surface area contributed by atoms with Gasteiger partial charge in [0, 0.05) is 18.4 Å². The van der Waals surface area contributed by atoms with E-state index < -0.39 is 30.0 Å². The topological polar surface area (TPSA) is 148 Å². The van der Waals surface area contributed by atoms with Crippen molar-refractivity contribution in [3.8, 4) is 0 Å². The van der Waals surface area contributed by atoms with Crippen LogP contribution in [0.1, 0.15) is 32.8 Å². The Hall–Kier alpha value is -1.81. The Labute approximate surface area is 170 Å². The SMILES string of the molecule is CC(C)C(=O)[C@H](CN)NC(=O)[C@@H](NC(=O)C(CCN)Cc1ccsc1)C(C)O. The zero-order valence-corrected chi connectivity index (χ0v) is 17.5. The molecule has 0 aliphatic heterocycles. The predicted molar refractivity (Wildman–Crippen MR) is 110 cm³/mol. The number of carbonyl (C=O) groups excluding carboxylic acids is 3. The number of nitrogens with one attached hydrogen (secondary N) is 2. The molecule has 0 saturated carbocycles. The molecule has 2 unspecified atom stereocenters. The van der Waals surface area contributed by atoms with Crippen molar-refractivity contribution in [2.24, 2.45) is 23.3 Å². The molecule has 7 N–H and O–H groups in total. The lowest BCUT2D eigenvalue weighted by Crippen LogP contribution is -2.58. The molecule has 0 aliphatic rings. The molecule has 1 aromatic heterocycles. The summed E-state index contributed by atoms with van der Waals surface area (Å²) in [4.78, 5) is 37.5. The minimum atomic E-state index is -1.19. The molecule has 8 nitrogen and oxygen atoms in total. The van der Waals surface area contributed by atoms with Gasteiger partial charge < -0.3 is 27.2 Å². The van der Waals surface area contributed by atoms with Gasteiger partial charge in [0.15, 0.2) is 5.78 Å². The van der Waals surface area contributed by atoms with Gasteiger partial charge in [0.25, 0.3) is 0 Å². The van der Waals surface area contributed by atoms with Gasteiger partial charge in [-0.1, -0.05) is 13.8 Å². The van der Waals surface area contributed by atoms with Gasteiger partial charge in [-0.05, 0) is 48.7 Å². The molecule has 28 heavy (non-hydrogen) atoms. The van der Waals surface area contributed by atoms with E-state index in [1.54, 1.807) is 13.8 Å². The van der Waals surface area contributed by atoms with Crippen LogP contribution in [0.3, 0.4) is 0 Å². The van der Waals surface area contributed by atoms with Crippen LogP contribution >= 0.6 is 11.3 Å². The first-order valence-corrected chi connectivity index (χ1v) is 10.4. The van der Waals surface area contributed by atoms with Crippen LogP contribution in [0.5, 0.6) is 0 Å². The van der Waals surface area contributed by atoms with Crippen molar-refractivity contribution in [1.29, 1.82) is 0 Å². The summed E-state index contributed by atoms with van der Waals surface area (Å²) in [6.45, 7) is 5.10. The highest BCUT2D eigenvalue weighted by atomic mass is 32.1. The molecule has 1 aromatic rings. The molecule has 0 saturated heterocycles. The van der Waals surface area contributed by atoms with Crippen molar-refractivity contribution in [2.45, 2.75) is 51.8 Å². The summed E-state index contributed by atoms with van der Waals surface area (Å²) in [5.74, 6) is -1.93. The van der Waals surface area contributed by atoms with E-state index in [0.29, 0.717) is 19.4 Å². The van der Waals surface area contributed by atoms with Crippen LogP contribution in [0.2, 0.25) is 0 Å². The van der Waals surface area contributed by atoms with E-state index in [9.17, 15) is 19.5 Å². The Bertz CT molecular complexity index is 634. The first-order valence-electron chi connectivity index (χ1n) is 9.44. The monoisotopic (exact) mass is 412 g/mol. The maximum atomic E-state index is 12.7. The van der Waals surface area contributed by atoms with Crippen LogP contribution in [0.25, 0.3) is 0 Å². The first-order chi connectivity index (χ1) is 13.2. The molecular weight excluding hydrogens is 380 g/mol. The molecule has 0 radical (unpaired) electrons. The number of nitrogens with two attached hydrogens (primary N) is 2. The Balaban J connectivity index is 2.84. The van der Waals surface area contributed by atoms with Crippen molar-refractivity contribution in [1.82, 2.24) is 10.6 Å². The Morgan fingerprint density at radius 2 is 1.82 bits per heavy atom. The minimum Gasteiger partial charge on any atom is -0.391 e. The number of thiophene rings is 1. The fraction of sp³-hybridized carbons (Fsp3) is 0.632. The zero-order chi connectivity index (χ0) is 21.3. The van der Waals surface area contributed by atoms with Crippen molar-refractivity contribution >= 4 is 28.9 Å². The summed E-state index contributed by atoms with van der Waals surface area (Å²) in [5.41, 5.74) is 12.3. The molecule has 158 valence electrons. The van der Waals surface area contributed by atoms with Crippen LogP contribution in [-0.2, 0) is 20.8 Å². The molecule has 1 heterocycles. The summed E-state index contributed by atoms with van der Waals surface area (Å²) >= 11 is 1.54. The second-order valence-electron chi connectivity index (χ2n) is 7.19. The predicted octanol–water partition coefficient (Wildman–Crippen LogP) is -0.210. The van der Waals surface area contributed by atoms with Gasteiger partial charge in [0.2, 0.25) is 11.8 Å². The maximum Gasteiger partial charge on any atom is 0.245 e. The maximum absolute atomic E-state index is 12.7.